The number of rotatable bonds is 5. The summed E-state index contributed by atoms with van der Waals surface area (Å²) in [6.45, 7) is 1.91. The third-order valence-corrected chi connectivity index (χ3v) is 4.72. The van der Waals surface area contributed by atoms with E-state index < -0.39 is 29.9 Å². The summed E-state index contributed by atoms with van der Waals surface area (Å²) >= 11 is 0. The summed E-state index contributed by atoms with van der Waals surface area (Å²) in [5.41, 5.74) is 0.567. The number of ether oxygens (including phenoxy) is 4. The molecule has 1 aliphatic rings. The molecule has 0 N–H and O–H groups in total. The van der Waals surface area contributed by atoms with Gasteiger partial charge in [-0.05, 0) is 18.1 Å². The molecule has 1 heterocycles. The molecular weight excluding hydrogens is 348 g/mol. The molecule has 0 aromatic heterocycles. The normalized spacial score (nSPS) is 20.9. The molecule has 0 aliphatic carbocycles. The average molecular weight is 370 g/mol. The van der Waals surface area contributed by atoms with Crippen molar-refractivity contribution in [3.63, 3.8) is 0 Å². The zero-order valence-electron chi connectivity index (χ0n) is 15.5. The van der Waals surface area contributed by atoms with E-state index in [1.54, 1.807) is 0 Å². The van der Waals surface area contributed by atoms with Crippen LogP contribution in [-0.2, 0) is 35.0 Å². The monoisotopic (exact) mass is 370 g/mol. The number of methoxy groups -OCH3 is 2. The van der Waals surface area contributed by atoms with Gasteiger partial charge in [-0.3, -0.25) is 0 Å². The van der Waals surface area contributed by atoms with Crippen LogP contribution in [0.15, 0.2) is 54.6 Å². The summed E-state index contributed by atoms with van der Waals surface area (Å²) in [6.07, 6.45) is -1.50. The van der Waals surface area contributed by atoms with Crippen molar-refractivity contribution >= 4 is 11.9 Å². The Hall–Kier alpha value is -2.70. The van der Waals surface area contributed by atoms with Gasteiger partial charge in [0.15, 0.2) is 6.29 Å². The lowest BCUT2D eigenvalue weighted by Gasteiger charge is -2.26. The summed E-state index contributed by atoms with van der Waals surface area (Å²) in [5.74, 6) is -1.68. The van der Waals surface area contributed by atoms with E-state index in [4.69, 9.17) is 18.9 Å². The van der Waals surface area contributed by atoms with Crippen LogP contribution in [0, 0.1) is 6.92 Å². The molecule has 0 bridgehead atoms. The third kappa shape index (κ3) is 3.46. The van der Waals surface area contributed by atoms with E-state index >= 15 is 0 Å². The van der Waals surface area contributed by atoms with Crippen molar-refractivity contribution in [2.75, 3.05) is 14.2 Å². The Kier molecular flexibility index (Phi) is 5.58. The van der Waals surface area contributed by atoms with Gasteiger partial charge in [0.05, 0.1) is 14.2 Å². The van der Waals surface area contributed by atoms with E-state index in [0.29, 0.717) is 0 Å². The van der Waals surface area contributed by atoms with Crippen LogP contribution >= 0.6 is 0 Å². The van der Waals surface area contributed by atoms with Crippen molar-refractivity contribution in [2.45, 2.75) is 31.3 Å². The van der Waals surface area contributed by atoms with Crippen LogP contribution in [0.3, 0.4) is 0 Å². The Morgan fingerprint density at radius 2 is 1.56 bits per heavy atom. The van der Waals surface area contributed by atoms with Gasteiger partial charge >= 0.3 is 11.9 Å². The molecule has 0 amide bonds. The number of aryl methyl sites for hydroxylation is 1. The van der Waals surface area contributed by atoms with Crippen molar-refractivity contribution in [2.24, 2.45) is 0 Å². The Balaban J connectivity index is 2.04. The van der Waals surface area contributed by atoms with Crippen molar-refractivity contribution in [1.82, 2.24) is 0 Å². The summed E-state index contributed by atoms with van der Waals surface area (Å²) in [6, 6.07) is 16.9. The molecule has 2 atom stereocenters. The zero-order chi connectivity index (χ0) is 19.4. The minimum Gasteiger partial charge on any atom is -0.466 e. The number of benzene rings is 2. The highest BCUT2D eigenvalue weighted by Crippen LogP contribution is 2.42. The van der Waals surface area contributed by atoms with Gasteiger partial charge in [0.2, 0.25) is 0 Å². The quantitative estimate of drug-likeness (QED) is 0.595. The Morgan fingerprint density at radius 1 is 0.963 bits per heavy atom. The highest BCUT2D eigenvalue weighted by Gasteiger charge is 2.63. The fourth-order valence-corrected chi connectivity index (χ4v) is 3.27. The maximum Gasteiger partial charge on any atom is 0.353 e. The Bertz CT molecular complexity index is 800. The first-order chi connectivity index (χ1) is 13.0. The van der Waals surface area contributed by atoms with Crippen LogP contribution in [0.1, 0.15) is 23.0 Å². The highest BCUT2D eigenvalue weighted by atomic mass is 16.8. The molecule has 0 saturated carbocycles. The standard InChI is InChI=1S/C21H22O6/c1-14-9-7-8-12-16(14)18-26-17(13-15-10-5-4-6-11-15)21(27-18,19(22)24-2)20(23)25-3/h4-12,17-18H,13H2,1-3H3/t17-,18-/m0/s1. The molecule has 0 spiro atoms. The van der Waals surface area contributed by atoms with Crippen molar-refractivity contribution in [3.8, 4) is 0 Å². The van der Waals surface area contributed by atoms with Gasteiger partial charge in [0, 0.05) is 12.0 Å². The van der Waals surface area contributed by atoms with Gasteiger partial charge in [0.25, 0.3) is 5.60 Å². The maximum atomic E-state index is 12.7. The molecule has 2 aromatic rings. The van der Waals surface area contributed by atoms with Crippen molar-refractivity contribution in [3.05, 3.63) is 71.3 Å². The van der Waals surface area contributed by atoms with E-state index in [1.165, 1.54) is 14.2 Å². The second kappa shape index (κ2) is 7.90. The zero-order valence-corrected chi connectivity index (χ0v) is 15.5. The van der Waals surface area contributed by atoms with Gasteiger partial charge in [-0.1, -0.05) is 54.6 Å². The molecule has 1 aliphatic heterocycles. The Labute approximate surface area is 158 Å². The molecule has 1 saturated heterocycles. The fourth-order valence-electron chi connectivity index (χ4n) is 3.27. The number of carbonyl (C=O) groups excluding carboxylic acids is 2. The topological polar surface area (TPSA) is 71.1 Å². The summed E-state index contributed by atoms with van der Waals surface area (Å²) in [4.78, 5) is 25.3. The molecule has 6 nitrogen and oxygen atoms in total. The molecular formula is C21H22O6. The van der Waals surface area contributed by atoms with Crippen LogP contribution in [0.5, 0.6) is 0 Å². The predicted octanol–water partition coefficient (Wildman–Crippen LogP) is 2.74. The number of esters is 2. The molecule has 2 aromatic carbocycles. The van der Waals surface area contributed by atoms with Gasteiger partial charge in [-0.2, -0.15) is 0 Å². The minimum atomic E-state index is -1.99. The minimum absolute atomic E-state index is 0.285. The molecule has 1 fully saturated rings. The molecule has 142 valence electrons. The van der Waals surface area contributed by atoms with Crippen LogP contribution in [-0.4, -0.2) is 37.9 Å². The fraction of sp³-hybridized carbons (Fsp3) is 0.333. The van der Waals surface area contributed by atoms with E-state index in [0.717, 1.165) is 16.7 Å². The third-order valence-electron chi connectivity index (χ3n) is 4.72. The van der Waals surface area contributed by atoms with E-state index in [-0.39, 0.29) is 6.42 Å². The number of hydrogen-bond acceptors (Lipinski definition) is 6. The van der Waals surface area contributed by atoms with Crippen molar-refractivity contribution in [1.29, 1.82) is 0 Å². The van der Waals surface area contributed by atoms with Crippen LogP contribution in [0.4, 0.5) is 0 Å². The highest BCUT2D eigenvalue weighted by molar-refractivity contribution is 6.04. The lowest BCUT2D eigenvalue weighted by molar-refractivity contribution is -0.188. The van der Waals surface area contributed by atoms with Gasteiger partial charge < -0.3 is 18.9 Å². The van der Waals surface area contributed by atoms with Crippen molar-refractivity contribution < 1.29 is 28.5 Å². The van der Waals surface area contributed by atoms with E-state index in [2.05, 4.69) is 0 Å². The maximum absolute atomic E-state index is 12.7. The summed E-state index contributed by atoms with van der Waals surface area (Å²) in [5, 5.41) is 0. The van der Waals surface area contributed by atoms with E-state index in [9.17, 15) is 9.59 Å². The number of hydrogen-bond donors (Lipinski definition) is 0. The SMILES string of the molecule is COC(=O)C1(C(=O)OC)O[C@@H](c2ccccc2C)O[C@H]1Cc1ccccc1. The first-order valence-corrected chi connectivity index (χ1v) is 8.62. The van der Waals surface area contributed by atoms with Gasteiger partial charge in [-0.15, -0.1) is 0 Å². The lowest BCUT2D eigenvalue weighted by atomic mass is 9.91. The molecule has 3 rings (SSSR count). The Morgan fingerprint density at radius 3 is 2.15 bits per heavy atom. The lowest BCUT2D eigenvalue weighted by Crippen LogP contribution is -2.56. The average Bonchev–Trinajstić information content (AvgIpc) is 3.07. The predicted molar refractivity (Wildman–Crippen MR) is 96.8 cm³/mol. The summed E-state index contributed by atoms with van der Waals surface area (Å²) < 4.78 is 21.8. The molecule has 6 heteroatoms. The second-order valence-corrected chi connectivity index (χ2v) is 6.34. The first-order valence-electron chi connectivity index (χ1n) is 8.62. The molecule has 27 heavy (non-hydrogen) atoms. The summed E-state index contributed by atoms with van der Waals surface area (Å²) in [7, 11) is 2.41. The van der Waals surface area contributed by atoms with Gasteiger partial charge in [-0.25, -0.2) is 9.59 Å². The molecule has 0 radical (unpaired) electrons. The second-order valence-electron chi connectivity index (χ2n) is 6.34. The smallest absolute Gasteiger partial charge is 0.353 e. The van der Waals surface area contributed by atoms with Crippen LogP contribution in [0.25, 0.3) is 0 Å². The van der Waals surface area contributed by atoms with Crippen LogP contribution < -0.4 is 0 Å². The van der Waals surface area contributed by atoms with Crippen LogP contribution in [0.2, 0.25) is 0 Å². The molecule has 0 unspecified atom stereocenters. The largest absolute Gasteiger partial charge is 0.466 e. The van der Waals surface area contributed by atoms with Gasteiger partial charge in [0.1, 0.15) is 6.10 Å². The van der Waals surface area contributed by atoms with E-state index in [1.807, 2.05) is 61.5 Å². The first kappa shape index (κ1) is 19.1. The number of carbonyl (C=O) groups is 2.